The van der Waals surface area contributed by atoms with Crippen molar-refractivity contribution >= 4 is 0 Å². The molecule has 0 saturated carbocycles. The molecule has 69 valence electrons. The minimum absolute atomic E-state index is 0.214. The topological polar surface area (TPSA) is 0 Å². The van der Waals surface area contributed by atoms with E-state index in [9.17, 15) is 0 Å². The fourth-order valence-corrected chi connectivity index (χ4v) is 1.62. The van der Waals surface area contributed by atoms with Gasteiger partial charge in [0.25, 0.3) is 0 Å². The molecule has 0 heteroatoms. The van der Waals surface area contributed by atoms with Gasteiger partial charge in [-0.2, -0.15) is 0 Å². The second-order valence-corrected chi connectivity index (χ2v) is 3.33. The van der Waals surface area contributed by atoms with Gasteiger partial charge in [-0.15, -0.1) is 6.58 Å². The van der Waals surface area contributed by atoms with Gasteiger partial charge >= 0.3 is 0 Å². The Morgan fingerprint density at radius 1 is 1.46 bits per heavy atom. The number of allylic oxidation sites excluding steroid dienone is 1. The molecule has 0 nitrogen and oxygen atoms in total. The molecule has 0 aliphatic carbocycles. The van der Waals surface area contributed by atoms with Crippen molar-refractivity contribution in [1.29, 1.82) is 0 Å². The fourth-order valence-electron chi connectivity index (χ4n) is 1.62. The molecule has 1 aromatic carbocycles. The zero-order valence-corrected chi connectivity index (χ0v) is 8.51. The van der Waals surface area contributed by atoms with Gasteiger partial charge in [-0.05, 0) is 37.0 Å². The number of hydrogen-bond donors (Lipinski definition) is 0. The predicted molar refractivity (Wildman–Crippen MR) is 58.9 cm³/mol. The first-order valence-electron chi connectivity index (χ1n) is 4.74. The number of benzene rings is 1. The van der Waals surface area contributed by atoms with Crippen LogP contribution in [0.15, 0.2) is 30.9 Å². The fraction of sp³-hybridized carbons (Fsp3) is 0.308. The van der Waals surface area contributed by atoms with E-state index in [1.54, 1.807) is 0 Å². The Kier molecular flexibility index (Phi) is 3.30. The normalized spacial score (nSPS) is 12.5. The van der Waals surface area contributed by atoms with E-state index in [-0.39, 0.29) is 5.92 Å². The van der Waals surface area contributed by atoms with Gasteiger partial charge in [-0.25, -0.2) is 0 Å². The molecule has 0 aromatic heterocycles. The van der Waals surface area contributed by atoms with Gasteiger partial charge in [-0.3, -0.25) is 0 Å². The maximum absolute atomic E-state index is 4.04. The summed E-state index contributed by atoms with van der Waals surface area (Å²) in [5, 5.41) is 0. The molecular weight excluding hydrogens is 156 g/mol. The summed E-state index contributed by atoms with van der Waals surface area (Å²) in [5.41, 5.74) is 4.08. The van der Waals surface area contributed by atoms with Crippen LogP contribution in [0.3, 0.4) is 0 Å². The van der Waals surface area contributed by atoms with E-state index < -0.39 is 0 Å². The Hall–Kier alpha value is -1.04. The summed E-state index contributed by atoms with van der Waals surface area (Å²) in [6, 6.07) is 6.41. The number of aryl methyl sites for hydroxylation is 1. The Morgan fingerprint density at radius 3 is 2.69 bits per heavy atom. The Morgan fingerprint density at radius 2 is 2.15 bits per heavy atom. The first-order chi connectivity index (χ1) is 6.20. The first kappa shape index (κ1) is 10.0. The molecule has 0 aliphatic rings. The van der Waals surface area contributed by atoms with E-state index in [1.165, 1.54) is 16.7 Å². The summed E-state index contributed by atoms with van der Waals surface area (Å²) < 4.78 is 0. The molecule has 1 radical (unpaired) electrons. The lowest BCUT2D eigenvalue weighted by atomic mass is 9.92. The third-order valence-corrected chi connectivity index (χ3v) is 2.55. The van der Waals surface area contributed by atoms with Gasteiger partial charge in [0.2, 0.25) is 0 Å². The van der Waals surface area contributed by atoms with Crippen LogP contribution < -0.4 is 0 Å². The molecule has 0 amide bonds. The predicted octanol–water partition coefficient (Wildman–Crippen LogP) is 3.66. The third-order valence-electron chi connectivity index (χ3n) is 2.55. The maximum atomic E-state index is 4.04. The molecule has 1 rings (SSSR count). The van der Waals surface area contributed by atoms with Crippen molar-refractivity contribution in [3.05, 3.63) is 54.5 Å². The standard InChI is InChI=1S/C13H17/c1-5-10(3)13-9-7-8-12(6-2)11(13)4/h5,7-10H,1,3,6H2,2,4H3. The lowest BCUT2D eigenvalue weighted by molar-refractivity contribution is 1.02. The highest BCUT2D eigenvalue weighted by atomic mass is 14.1. The SMILES string of the molecule is [CH2]C(C=C)c1cccc(CC)c1C. The summed E-state index contributed by atoms with van der Waals surface area (Å²) in [6.07, 6.45) is 2.98. The lowest BCUT2D eigenvalue weighted by Gasteiger charge is -2.13. The van der Waals surface area contributed by atoms with Crippen LogP contribution in [0.4, 0.5) is 0 Å². The van der Waals surface area contributed by atoms with Crippen molar-refractivity contribution in [2.75, 3.05) is 0 Å². The summed E-state index contributed by atoms with van der Waals surface area (Å²) in [6.45, 7) is 12.2. The Balaban J connectivity index is 3.14. The molecule has 0 spiro atoms. The molecule has 0 aliphatic heterocycles. The van der Waals surface area contributed by atoms with Crippen LogP contribution in [0.1, 0.15) is 29.5 Å². The Bertz CT molecular complexity index is 297. The summed E-state index contributed by atoms with van der Waals surface area (Å²) in [4.78, 5) is 0. The van der Waals surface area contributed by atoms with Crippen LogP contribution in [0.2, 0.25) is 0 Å². The highest BCUT2D eigenvalue weighted by Crippen LogP contribution is 2.22. The number of rotatable bonds is 3. The lowest BCUT2D eigenvalue weighted by Crippen LogP contribution is -1.96. The van der Waals surface area contributed by atoms with Crippen LogP contribution in [0.5, 0.6) is 0 Å². The highest BCUT2D eigenvalue weighted by molar-refractivity contribution is 5.38. The molecule has 0 fully saturated rings. The summed E-state index contributed by atoms with van der Waals surface area (Å²) in [7, 11) is 0. The van der Waals surface area contributed by atoms with Gasteiger partial charge < -0.3 is 0 Å². The van der Waals surface area contributed by atoms with Gasteiger partial charge in [0.15, 0.2) is 0 Å². The van der Waals surface area contributed by atoms with E-state index in [4.69, 9.17) is 0 Å². The quantitative estimate of drug-likeness (QED) is 0.612. The molecule has 1 atom stereocenters. The summed E-state index contributed by atoms with van der Waals surface area (Å²) in [5.74, 6) is 0.214. The number of hydrogen-bond acceptors (Lipinski definition) is 0. The largest absolute Gasteiger partial charge is 0.102 e. The maximum Gasteiger partial charge on any atom is 0.00183 e. The first-order valence-corrected chi connectivity index (χ1v) is 4.74. The van der Waals surface area contributed by atoms with Gasteiger partial charge in [0.1, 0.15) is 0 Å². The average Bonchev–Trinajstić information content (AvgIpc) is 2.17. The molecule has 1 aromatic rings. The van der Waals surface area contributed by atoms with E-state index in [0.29, 0.717) is 0 Å². The zero-order chi connectivity index (χ0) is 9.84. The van der Waals surface area contributed by atoms with E-state index >= 15 is 0 Å². The van der Waals surface area contributed by atoms with E-state index in [0.717, 1.165) is 6.42 Å². The van der Waals surface area contributed by atoms with Gasteiger partial charge in [0.05, 0.1) is 0 Å². The van der Waals surface area contributed by atoms with Crippen LogP contribution in [-0.4, -0.2) is 0 Å². The smallest absolute Gasteiger partial charge is 0.00183 e. The van der Waals surface area contributed by atoms with E-state index in [1.807, 2.05) is 6.08 Å². The molecule has 0 heterocycles. The second-order valence-electron chi connectivity index (χ2n) is 3.33. The molecule has 0 saturated heterocycles. The second kappa shape index (κ2) is 4.27. The molecule has 0 N–H and O–H groups in total. The summed E-state index contributed by atoms with van der Waals surface area (Å²) >= 11 is 0. The van der Waals surface area contributed by atoms with Crippen molar-refractivity contribution in [3.63, 3.8) is 0 Å². The molecular formula is C13H17. The van der Waals surface area contributed by atoms with Crippen molar-refractivity contribution in [1.82, 2.24) is 0 Å². The average molecular weight is 173 g/mol. The highest BCUT2D eigenvalue weighted by Gasteiger charge is 2.06. The van der Waals surface area contributed by atoms with Crippen LogP contribution >= 0.6 is 0 Å². The molecule has 1 unspecified atom stereocenters. The van der Waals surface area contributed by atoms with Gasteiger partial charge in [0, 0.05) is 5.92 Å². The van der Waals surface area contributed by atoms with Gasteiger partial charge in [-0.1, -0.05) is 31.2 Å². The molecule has 0 bridgehead atoms. The minimum atomic E-state index is 0.214. The van der Waals surface area contributed by atoms with Crippen molar-refractivity contribution in [2.24, 2.45) is 0 Å². The van der Waals surface area contributed by atoms with Crippen molar-refractivity contribution in [2.45, 2.75) is 26.2 Å². The Labute approximate surface area is 81.3 Å². The van der Waals surface area contributed by atoms with Crippen LogP contribution in [-0.2, 0) is 6.42 Å². The minimum Gasteiger partial charge on any atom is -0.102 e. The van der Waals surface area contributed by atoms with Crippen LogP contribution in [0, 0.1) is 13.8 Å². The van der Waals surface area contributed by atoms with Crippen LogP contribution in [0.25, 0.3) is 0 Å². The third kappa shape index (κ3) is 2.00. The van der Waals surface area contributed by atoms with Crippen molar-refractivity contribution in [3.8, 4) is 0 Å². The van der Waals surface area contributed by atoms with Crippen molar-refractivity contribution < 1.29 is 0 Å². The molecule has 13 heavy (non-hydrogen) atoms. The van der Waals surface area contributed by atoms with E-state index in [2.05, 4.69) is 45.5 Å². The zero-order valence-electron chi connectivity index (χ0n) is 8.51. The monoisotopic (exact) mass is 173 g/mol.